The Hall–Kier alpha value is -2.34. The molecule has 2 fully saturated rings. The molecule has 1 aromatic heterocycles. The number of guanidine groups is 1. The molecule has 2 saturated heterocycles. The molecule has 3 heterocycles. The molecule has 1 atom stereocenters. The molecular formula is C22H31N5O. The second kappa shape index (κ2) is 8.35. The number of aliphatic imine (C=N–C) groups is 1. The summed E-state index contributed by atoms with van der Waals surface area (Å²) in [7, 11) is 1.88. The third kappa shape index (κ3) is 4.07. The van der Waals surface area contributed by atoms with Crippen molar-refractivity contribution in [3.05, 3.63) is 47.8 Å². The molecule has 28 heavy (non-hydrogen) atoms. The number of hydrogen-bond acceptors (Lipinski definition) is 3. The highest BCUT2D eigenvalue weighted by Crippen LogP contribution is 2.38. The van der Waals surface area contributed by atoms with E-state index in [2.05, 4.69) is 45.6 Å². The van der Waals surface area contributed by atoms with Gasteiger partial charge in [-0.2, -0.15) is 5.10 Å². The van der Waals surface area contributed by atoms with Gasteiger partial charge in [0.05, 0.1) is 18.0 Å². The quantitative estimate of drug-likeness (QED) is 0.492. The van der Waals surface area contributed by atoms with Crippen molar-refractivity contribution in [2.45, 2.75) is 32.6 Å². The molecule has 1 aromatic carbocycles. The lowest BCUT2D eigenvalue weighted by molar-refractivity contribution is 0.156. The van der Waals surface area contributed by atoms with Crippen molar-refractivity contribution < 1.29 is 4.74 Å². The number of nitrogens with one attached hydrogen (secondary N) is 1. The maximum atomic E-state index is 5.64. The van der Waals surface area contributed by atoms with E-state index in [1.165, 1.54) is 18.4 Å². The fourth-order valence-corrected chi connectivity index (χ4v) is 4.35. The SMILES string of the molecule is CN=C(NCCCc1cn(-c2ccccc2)nc1C)N1CCC2(CCOC2)C1. The number of benzene rings is 1. The van der Waals surface area contributed by atoms with Crippen LogP contribution < -0.4 is 5.32 Å². The summed E-state index contributed by atoms with van der Waals surface area (Å²) in [4.78, 5) is 6.90. The second-order valence-corrected chi connectivity index (χ2v) is 8.07. The molecule has 2 aromatic rings. The Bertz CT molecular complexity index is 808. The Balaban J connectivity index is 1.27. The van der Waals surface area contributed by atoms with Crippen LogP contribution in [-0.4, -0.2) is 60.5 Å². The van der Waals surface area contributed by atoms with Gasteiger partial charge in [-0.1, -0.05) is 18.2 Å². The van der Waals surface area contributed by atoms with Crippen LogP contribution in [-0.2, 0) is 11.2 Å². The molecule has 0 saturated carbocycles. The number of aryl methyl sites for hydroxylation is 2. The summed E-state index contributed by atoms with van der Waals surface area (Å²) in [6.07, 6.45) is 6.63. The summed E-state index contributed by atoms with van der Waals surface area (Å²) >= 11 is 0. The van der Waals surface area contributed by atoms with Crippen LogP contribution in [0, 0.1) is 12.3 Å². The third-order valence-electron chi connectivity index (χ3n) is 6.06. The van der Waals surface area contributed by atoms with Gasteiger partial charge >= 0.3 is 0 Å². The first-order chi connectivity index (χ1) is 13.7. The Morgan fingerprint density at radius 3 is 2.89 bits per heavy atom. The summed E-state index contributed by atoms with van der Waals surface area (Å²) in [6.45, 7) is 6.97. The van der Waals surface area contributed by atoms with Gasteiger partial charge in [0.1, 0.15) is 0 Å². The zero-order valence-corrected chi connectivity index (χ0v) is 17.0. The van der Waals surface area contributed by atoms with E-state index in [0.717, 1.165) is 63.0 Å². The van der Waals surface area contributed by atoms with E-state index in [0.29, 0.717) is 5.41 Å². The molecule has 6 nitrogen and oxygen atoms in total. The maximum Gasteiger partial charge on any atom is 0.193 e. The van der Waals surface area contributed by atoms with Crippen molar-refractivity contribution >= 4 is 5.96 Å². The number of ether oxygens (including phenoxy) is 1. The summed E-state index contributed by atoms with van der Waals surface area (Å²) in [6, 6.07) is 10.3. The normalized spacial score (nSPS) is 22.4. The zero-order chi connectivity index (χ0) is 19.4. The summed E-state index contributed by atoms with van der Waals surface area (Å²) in [5, 5.41) is 8.22. The average Bonchev–Trinajstić information content (AvgIpc) is 3.45. The smallest absolute Gasteiger partial charge is 0.193 e. The predicted octanol–water partition coefficient (Wildman–Crippen LogP) is 2.80. The molecule has 1 N–H and O–H groups in total. The van der Waals surface area contributed by atoms with Gasteiger partial charge < -0.3 is 15.0 Å². The number of nitrogens with zero attached hydrogens (tertiary/aromatic N) is 4. The van der Waals surface area contributed by atoms with Crippen LogP contribution in [0.3, 0.4) is 0 Å². The van der Waals surface area contributed by atoms with E-state index in [9.17, 15) is 0 Å². The van der Waals surface area contributed by atoms with Gasteiger partial charge in [-0.25, -0.2) is 4.68 Å². The molecule has 6 heteroatoms. The molecule has 0 amide bonds. The van der Waals surface area contributed by atoms with E-state index < -0.39 is 0 Å². The lowest BCUT2D eigenvalue weighted by Crippen LogP contribution is -2.41. The van der Waals surface area contributed by atoms with Crippen molar-refractivity contribution in [3.8, 4) is 5.69 Å². The van der Waals surface area contributed by atoms with Crippen LogP contribution in [0.5, 0.6) is 0 Å². The number of hydrogen-bond donors (Lipinski definition) is 1. The first-order valence-corrected chi connectivity index (χ1v) is 10.3. The van der Waals surface area contributed by atoms with E-state index in [1.54, 1.807) is 0 Å². The number of para-hydroxylation sites is 1. The molecular weight excluding hydrogens is 350 g/mol. The summed E-state index contributed by atoms with van der Waals surface area (Å²) < 4.78 is 7.62. The van der Waals surface area contributed by atoms with Gasteiger partial charge in [0, 0.05) is 44.9 Å². The zero-order valence-electron chi connectivity index (χ0n) is 17.0. The second-order valence-electron chi connectivity index (χ2n) is 8.07. The fourth-order valence-electron chi connectivity index (χ4n) is 4.35. The minimum Gasteiger partial charge on any atom is -0.381 e. The highest BCUT2D eigenvalue weighted by molar-refractivity contribution is 5.80. The molecule has 0 bridgehead atoms. The molecule has 2 aliphatic heterocycles. The van der Waals surface area contributed by atoms with Crippen molar-refractivity contribution in [1.29, 1.82) is 0 Å². The monoisotopic (exact) mass is 381 g/mol. The largest absolute Gasteiger partial charge is 0.381 e. The predicted molar refractivity (Wildman–Crippen MR) is 112 cm³/mol. The lowest BCUT2D eigenvalue weighted by Gasteiger charge is -2.24. The highest BCUT2D eigenvalue weighted by atomic mass is 16.5. The van der Waals surface area contributed by atoms with Crippen LogP contribution in [0.25, 0.3) is 5.69 Å². The van der Waals surface area contributed by atoms with E-state index >= 15 is 0 Å². The van der Waals surface area contributed by atoms with Crippen LogP contribution in [0.4, 0.5) is 0 Å². The van der Waals surface area contributed by atoms with Gasteiger partial charge in [-0.15, -0.1) is 0 Å². The minimum absolute atomic E-state index is 0.362. The van der Waals surface area contributed by atoms with Gasteiger partial charge in [0.15, 0.2) is 5.96 Å². The molecule has 2 aliphatic rings. The summed E-state index contributed by atoms with van der Waals surface area (Å²) in [5.41, 5.74) is 3.88. The van der Waals surface area contributed by atoms with Crippen LogP contribution in [0.15, 0.2) is 41.5 Å². The van der Waals surface area contributed by atoms with Crippen molar-refractivity contribution in [1.82, 2.24) is 20.0 Å². The first-order valence-electron chi connectivity index (χ1n) is 10.3. The first kappa shape index (κ1) is 19.0. The Labute approximate surface area is 167 Å². The number of likely N-dealkylation sites (tertiary alicyclic amines) is 1. The van der Waals surface area contributed by atoms with Crippen molar-refractivity contribution in [2.24, 2.45) is 10.4 Å². The molecule has 1 spiro atoms. The standard InChI is InChI=1S/C22H31N5O/c1-18-19(15-27(25-18)20-8-4-3-5-9-20)7-6-12-24-21(23-2)26-13-10-22(16-26)11-14-28-17-22/h3-5,8-9,15H,6-7,10-14,16-17H2,1-2H3,(H,23,24). The molecule has 1 unspecified atom stereocenters. The minimum atomic E-state index is 0.362. The Morgan fingerprint density at radius 1 is 1.29 bits per heavy atom. The van der Waals surface area contributed by atoms with Gasteiger partial charge in [-0.05, 0) is 50.3 Å². The Morgan fingerprint density at radius 2 is 2.14 bits per heavy atom. The fraction of sp³-hybridized carbons (Fsp3) is 0.545. The highest BCUT2D eigenvalue weighted by Gasteiger charge is 2.42. The third-order valence-corrected chi connectivity index (χ3v) is 6.06. The maximum absolute atomic E-state index is 5.64. The van der Waals surface area contributed by atoms with E-state index in [1.807, 2.05) is 29.9 Å². The number of aromatic nitrogens is 2. The van der Waals surface area contributed by atoms with Crippen LogP contribution in [0.2, 0.25) is 0 Å². The lowest BCUT2D eigenvalue weighted by atomic mass is 9.87. The van der Waals surface area contributed by atoms with Crippen LogP contribution in [0.1, 0.15) is 30.5 Å². The van der Waals surface area contributed by atoms with Crippen molar-refractivity contribution in [2.75, 3.05) is 39.9 Å². The molecule has 4 rings (SSSR count). The van der Waals surface area contributed by atoms with Gasteiger partial charge in [0.2, 0.25) is 0 Å². The van der Waals surface area contributed by atoms with Crippen LogP contribution >= 0.6 is 0 Å². The average molecular weight is 382 g/mol. The van der Waals surface area contributed by atoms with Gasteiger partial charge in [0.25, 0.3) is 0 Å². The van der Waals surface area contributed by atoms with E-state index in [-0.39, 0.29) is 0 Å². The molecule has 150 valence electrons. The topological polar surface area (TPSA) is 54.7 Å². The summed E-state index contributed by atoms with van der Waals surface area (Å²) in [5.74, 6) is 1.03. The van der Waals surface area contributed by atoms with Gasteiger partial charge in [-0.3, -0.25) is 4.99 Å². The molecule has 0 radical (unpaired) electrons. The van der Waals surface area contributed by atoms with Crippen molar-refractivity contribution in [3.63, 3.8) is 0 Å². The molecule has 0 aliphatic carbocycles. The van der Waals surface area contributed by atoms with E-state index in [4.69, 9.17) is 4.74 Å². The Kier molecular flexibility index (Phi) is 5.67. The number of rotatable bonds is 5.